The van der Waals surface area contributed by atoms with Crippen molar-refractivity contribution in [2.75, 3.05) is 6.61 Å². The lowest BCUT2D eigenvalue weighted by molar-refractivity contribution is -0.268. The summed E-state index contributed by atoms with van der Waals surface area (Å²) in [6.07, 6.45) is -7.95. The number of carbonyl (C=O) groups is 6. The largest absolute Gasteiger partial charge is 0.455 e. The minimum absolute atomic E-state index is 0.427. The summed E-state index contributed by atoms with van der Waals surface area (Å²) in [5, 5.41) is 9.98. The van der Waals surface area contributed by atoms with Crippen molar-refractivity contribution >= 4 is 35.3 Å². The van der Waals surface area contributed by atoms with E-state index in [4.69, 9.17) is 18.9 Å². The molecule has 1 heterocycles. The Bertz CT molecular complexity index is 653. The number of rotatable bonds is 9. The Morgan fingerprint density at radius 3 is 1.57 bits per heavy atom. The highest BCUT2D eigenvalue weighted by molar-refractivity contribution is 5.95. The summed E-state index contributed by atoms with van der Waals surface area (Å²) in [4.78, 5) is 68.7. The van der Waals surface area contributed by atoms with Gasteiger partial charge in [-0.3, -0.25) is 28.8 Å². The fraction of sp³-hybridized carbons (Fsp3) is 0.647. The van der Waals surface area contributed by atoms with Crippen molar-refractivity contribution in [3.8, 4) is 0 Å². The topological polar surface area (TPSA) is 160 Å². The molecule has 0 saturated carbocycles. The molecular formula is C17H22O11. The molecule has 1 aliphatic heterocycles. The molecule has 0 amide bonds. The number of Topliss-reactive ketones (excluding diaryl/α,β-unsaturated/α-hetero) is 3. The van der Waals surface area contributed by atoms with Gasteiger partial charge in [0.05, 0.1) is 6.61 Å². The van der Waals surface area contributed by atoms with Gasteiger partial charge in [-0.1, -0.05) is 0 Å². The third-order valence-corrected chi connectivity index (χ3v) is 3.40. The first-order valence-corrected chi connectivity index (χ1v) is 8.36. The van der Waals surface area contributed by atoms with Gasteiger partial charge in [-0.25, -0.2) is 0 Å². The molecule has 1 aliphatic rings. The molecule has 1 fully saturated rings. The van der Waals surface area contributed by atoms with Crippen molar-refractivity contribution in [1.82, 2.24) is 0 Å². The highest BCUT2D eigenvalue weighted by Gasteiger charge is 2.47. The Labute approximate surface area is 160 Å². The molecule has 0 spiro atoms. The molecule has 11 nitrogen and oxygen atoms in total. The van der Waals surface area contributed by atoms with Gasteiger partial charge in [0.15, 0.2) is 24.6 Å². The predicted molar refractivity (Wildman–Crippen MR) is 87.5 cm³/mol. The molecule has 156 valence electrons. The lowest BCUT2D eigenvalue weighted by Crippen LogP contribution is -2.57. The molecule has 0 radical (unpaired) electrons. The number of esters is 3. The second kappa shape index (κ2) is 10.6. The molecule has 1 saturated heterocycles. The highest BCUT2D eigenvalue weighted by atomic mass is 16.7. The van der Waals surface area contributed by atoms with Crippen molar-refractivity contribution in [2.24, 2.45) is 0 Å². The molecule has 0 aromatic carbocycles. The van der Waals surface area contributed by atoms with E-state index in [0.29, 0.717) is 0 Å². The summed E-state index contributed by atoms with van der Waals surface area (Å²) in [6, 6.07) is 0. The normalized spacial score (nSPS) is 24.0. The molecule has 28 heavy (non-hydrogen) atoms. The van der Waals surface area contributed by atoms with Gasteiger partial charge in [-0.15, -0.1) is 0 Å². The van der Waals surface area contributed by atoms with Crippen molar-refractivity contribution in [3.05, 3.63) is 0 Å². The molecule has 1 N–H and O–H groups in total. The molecule has 0 aromatic rings. The summed E-state index contributed by atoms with van der Waals surface area (Å²) in [7, 11) is 0. The maximum atomic E-state index is 11.9. The maximum Gasteiger partial charge on any atom is 0.313 e. The number of hydrogen-bond donors (Lipinski definition) is 1. The number of ether oxygens (including phenoxy) is 4. The highest BCUT2D eigenvalue weighted by Crippen LogP contribution is 2.24. The van der Waals surface area contributed by atoms with Crippen LogP contribution in [0, 0.1) is 0 Å². The SMILES string of the molecule is CC(=O)CC(=O)O[C@H]1[C@H](OC(=O)CC(C)=O)COC(O)[C@@H]1OC(=O)CC(C)=O. The molecule has 0 bridgehead atoms. The molecule has 11 heteroatoms. The van der Waals surface area contributed by atoms with Crippen LogP contribution in [0.25, 0.3) is 0 Å². The zero-order valence-corrected chi connectivity index (χ0v) is 15.7. The minimum atomic E-state index is -1.74. The third-order valence-electron chi connectivity index (χ3n) is 3.40. The van der Waals surface area contributed by atoms with Gasteiger partial charge >= 0.3 is 17.9 Å². The van der Waals surface area contributed by atoms with Gasteiger partial charge < -0.3 is 24.1 Å². The fourth-order valence-corrected chi connectivity index (χ4v) is 2.33. The van der Waals surface area contributed by atoms with E-state index in [-0.39, 0.29) is 0 Å². The number of ketones is 3. The Morgan fingerprint density at radius 2 is 1.14 bits per heavy atom. The van der Waals surface area contributed by atoms with Crippen LogP contribution >= 0.6 is 0 Å². The first-order valence-electron chi connectivity index (χ1n) is 8.36. The standard InChI is InChI=1S/C17H22O11/c1-8(18)4-12(21)26-11-7-25-17(24)16(28-14(23)6-10(3)20)15(11)27-13(22)5-9(2)19/h11,15-17,24H,4-7H2,1-3H3/t11-,15+,16-,17?/m1/s1. The van der Waals surface area contributed by atoms with Crippen LogP contribution in [0.3, 0.4) is 0 Å². The Morgan fingerprint density at radius 1 is 0.750 bits per heavy atom. The van der Waals surface area contributed by atoms with Crippen molar-refractivity contribution in [3.63, 3.8) is 0 Å². The van der Waals surface area contributed by atoms with E-state index in [1.807, 2.05) is 0 Å². The molecule has 1 rings (SSSR count). The Hall–Kier alpha value is -2.66. The number of carbonyl (C=O) groups excluding carboxylic acids is 6. The Balaban J connectivity index is 3.01. The van der Waals surface area contributed by atoms with E-state index in [9.17, 15) is 33.9 Å². The van der Waals surface area contributed by atoms with Gasteiger partial charge in [0, 0.05) is 0 Å². The number of hydrogen-bond acceptors (Lipinski definition) is 11. The van der Waals surface area contributed by atoms with Crippen LogP contribution in [0.5, 0.6) is 0 Å². The summed E-state index contributed by atoms with van der Waals surface area (Å²) in [5.41, 5.74) is 0. The fourth-order valence-electron chi connectivity index (χ4n) is 2.33. The zero-order chi connectivity index (χ0) is 21.4. The number of aliphatic hydroxyl groups is 1. The second-order valence-corrected chi connectivity index (χ2v) is 6.30. The summed E-state index contributed by atoms with van der Waals surface area (Å²) < 4.78 is 20.1. The van der Waals surface area contributed by atoms with Gasteiger partial charge in [-0.2, -0.15) is 0 Å². The average Bonchev–Trinajstić information content (AvgIpc) is 2.51. The Kier molecular flexibility index (Phi) is 8.86. The van der Waals surface area contributed by atoms with E-state index < -0.39 is 85.7 Å². The van der Waals surface area contributed by atoms with E-state index in [0.717, 1.165) is 13.8 Å². The third kappa shape index (κ3) is 7.92. The smallest absolute Gasteiger partial charge is 0.313 e. The van der Waals surface area contributed by atoms with Crippen molar-refractivity contribution in [2.45, 2.75) is 64.6 Å². The van der Waals surface area contributed by atoms with Crippen LogP contribution in [0.2, 0.25) is 0 Å². The van der Waals surface area contributed by atoms with Crippen LogP contribution in [0.1, 0.15) is 40.0 Å². The molecule has 4 atom stereocenters. The quantitative estimate of drug-likeness (QED) is 0.286. The first-order chi connectivity index (χ1) is 13.0. The van der Waals surface area contributed by atoms with Gasteiger partial charge in [0.25, 0.3) is 0 Å². The van der Waals surface area contributed by atoms with Crippen LogP contribution < -0.4 is 0 Å². The van der Waals surface area contributed by atoms with E-state index >= 15 is 0 Å². The minimum Gasteiger partial charge on any atom is -0.455 e. The van der Waals surface area contributed by atoms with Crippen LogP contribution in [0.15, 0.2) is 0 Å². The van der Waals surface area contributed by atoms with Crippen LogP contribution in [-0.2, 0) is 47.7 Å². The summed E-state index contributed by atoms with van der Waals surface area (Å²) in [5.74, 6) is -4.47. The zero-order valence-electron chi connectivity index (χ0n) is 15.7. The number of aliphatic hydroxyl groups excluding tert-OH is 1. The van der Waals surface area contributed by atoms with Crippen molar-refractivity contribution < 1.29 is 52.8 Å². The molecule has 0 aromatic heterocycles. The van der Waals surface area contributed by atoms with E-state index in [1.165, 1.54) is 6.92 Å². The monoisotopic (exact) mass is 402 g/mol. The summed E-state index contributed by atoms with van der Waals surface area (Å²) >= 11 is 0. The molecule has 1 unspecified atom stereocenters. The average molecular weight is 402 g/mol. The lowest BCUT2D eigenvalue weighted by Gasteiger charge is -2.38. The van der Waals surface area contributed by atoms with Gasteiger partial charge in [0.1, 0.15) is 36.6 Å². The van der Waals surface area contributed by atoms with Crippen LogP contribution in [0.4, 0.5) is 0 Å². The van der Waals surface area contributed by atoms with E-state index in [1.54, 1.807) is 0 Å². The lowest BCUT2D eigenvalue weighted by atomic mass is 10.0. The van der Waals surface area contributed by atoms with Gasteiger partial charge in [-0.05, 0) is 20.8 Å². The second-order valence-electron chi connectivity index (χ2n) is 6.30. The first kappa shape index (κ1) is 23.4. The maximum absolute atomic E-state index is 11.9. The van der Waals surface area contributed by atoms with E-state index in [2.05, 4.69) is 0 Å². The van der Waals surface area contributed by atoms with Crippen LogP contribution in [-0.4, -0.2) is 71.6 Å². The predicted octanol–water partition coefficient (Wildman–Crippen LogP) is -0.992. The van der Waals surface area contributed by atoms with Gasteiger partial charge in [0.2, 0.25) is 0 Å². The molecular weight excluding hydrogens is 380 g/mol. The molecule has 0 aliphatic carbocycles. The van der Waals surface area contributed by atoms with Crippen molar-refractivity contribution in [1.29, 1.82) is 0 Å². The summed E-state index contributed by atoms with van der Waals surface area (Å²) in [6.45, 7) is 3.03.